The van der Waals surface area contributed by atoms with Crippen LogP contribution < -0.4 is 10.1 Å². The predicted octanol–water partition coefficient (Wildman–Crippen LogP) is 2.88. The van der Waals surface area contributed by atoms with Crippen LogP contribution >= 0.6 is 0 Å². The number of amides is 1. The highest BCUT2D eigenvalue weighted by atomic mass is 19.1. The minimum absolute atomic E-state index is 0.0328. The van der Waals surface area contributed by atoms with Gasteiger partial charge in [-0.25, -0.2) is 13.9 Å². The van der Waals surface area contributed by atoms with Gasteiger partial charge in [0, 0.05) is 6.54 Å². The summed E-state index contributed by atoms with van der Waals surface area (Å²) in [6, 6.07) is 14.9. The second-order valence-electron chi connectivity index (χ2n) is 6.22. The number of hydrogen-bond donors (Lipinski definition) is 1. The Bertz CT molecular complexity index is 987. The van der Waals surface area contributed by atoms with Gasteiger partial charge in [0.05, 0.1) is 19.0 Å². The topological polar surface area (TPSA) is 82.5 Å². The minimum Gasteiger partial charge on any atom is -0.493 e. The lowest BCUT2D eigenvalue weighted by atomic mass is 10.2. The number of nitrogens with one attached hydrogen (secondary N) is 1. The van der Waals surface area contributed by atoms with Crippen molar-refractivity contribution in [2.24, 2.45) is 0 Å². The van der Waals surface area contributed by atoms with Crippen LogP contribution in [0.15, 0.2) is 60.8 Å². The largest absolute Gasteiger partial charge is 0.493 e. The monoisotopic (exact) mass is 397 g/mol. The van der Waals surface area contributed by atoms with Gasteiger partial charge in [-0.1, -0.05) is 30.3 Å². The van der Waals surface area contributed by atoms with Crippen molar-refractivity contribution >= 4 is 11.9 Å². The van der Waals surface area contributed by atoms with E-state index in [2.05, 4.69) is 10.4 Å². The Balaban J connectivity index is 1.63. The second kappa shape index (κ2) is 9.01. The van der Waals surface area contributed by atoms with Crippen LogP contribution in [-0.2, 0) is 16.1 Å². The molecule has 150 valence electrons. The fraction of sp³-hybridized carbons (Fsp3) is 0.190. The van der Waals surface area contributed by atoms with Crippen LogP contribution in [0.3, 0.4) is 0 Å². The quantitative estimate of drug-likeness (QED) is 0.620. The molecule has 0 aliphatic heterocycles. The number of carbonyl (C=O) groups excluding carboxylic acids is 2. The maximum Gasteiger partial charge on any atom is 0.363 e. The molecule has 3 aromatic rings. The third-order valence-corrected chi connectivity index (χ3v) is 4.15. The molecule has 7 nitrogen and oxygen atoms in total. The van der Waals surface area contributed by atoms with Crippen molar-refractivity contribution in [1.29, 1.82) is 0 Å². The Morgan fingerprint density at radius 1 is 1.14 bits per heavy atom. The number of benzene rings is 2. The molecule has 0 saturated carbocycles. The first-order chi connectivity index (χ1) is 14.0. The summed E-state index contributed by atoms with van der Waals surface area (Å²) >= 11 is 0. The number of ether oxygens (including phenoxy) is 2. The molecule has 2 aromatic carbocycles. The zero-order chi connectivity index (χ0) is 20.8. The van der Waals surface area contributed by atoms with E-state index >= 15 is 0 Å². The van der Waals surface area contributed by atoms with E-state index in [0.717, 1.165) is 11.3 Å². The van der Waals surface area contributed by atoms with Crippen molar-refractivity contribution in [2.75, 3.05) is 7.11 Å². The lowest BCUT2D eigenvalue weighted by Crippen LogP contribution is -2.35. The molecule has 0 radical (unpaired) electrons. The highest BCUT2D eigenvalue weighted by molar-refractivity contribution is 5.92. The van der Waals surface area contributed by atoms with E-state index in [0.29, 0.717) is 0 Å². The first kappa shape index (κ1) is 20.1. The number of halogens is 1. The van der Waals surface area contributed by atoms with E-state index in [-0.39, 0.29) is 23.8 Å². The van der Waals surface area contributed by atoms with Crippen LogP contribution in [-0.4, -0.2) is 34.9 Å². The van der Waals surface area contributed by atoms with Crippen molar-refractivity contribution in [3.8, 4) is 11.4 Å². The molecule has 0 aliphatic carbocycles. The van der Waals surface area contributed by atoms with Gasteiger partial charge in [0.15, 0.2) is 11.9 Å². The number of methoxy groups -OCH3 is 1. The Morgan fingerprint density at radius 3 is 2.48 bits per heavy atom. The first-order valence-electron chi connectivity index (χ1n) is 8.90. The maximum atomic E-state index is 12.9. The summed E-state index contributed by atoms with van der Waals surface area (Å²) in [5.41, 5.74) is 1.44. The van der Waals surface area contributed by atoms with Crippen LogP contribution in [0.25, 0.3) is 5.69 Å². The Hall–Kier alpha value is -3.68. The molecule has 0 unspecified atom stereocenters. The molecule has 8 heteroatoms. The van der Waals surface area contributed by atoms with Gasteiger partial charge in [-0.3, -0.25) is 4.79 Å². The number of hydrogen-bond acceptors (Lipinski definition) is 5. The van der Waals surface area contributed by atoms with Crippen LogP contribution in [0.2, 0.25) is 0 Å². The number of carbonyl (C=O) groups is 2. The van der Waals surface area contributed by atoms with Gasteiger partial charge in [-0.15, -0.1) is 0 Å². The molecule has 0 spiro atoms. The van der Waals surface area contributed by atoms with E-state index in [1.807, 2.05) is 30.3 Å². The van der Waals surface area contributed by atoms with Crippen LogP contribution in [0, 0.1) is 5.82 Å². The summed E-state index contributed by atoms with van der Waals surface area (Å²) in [6.07, 6.45) is 0.514. The Kier molecular flexibility index (Phi) is 6.23. The highest BCUT2D eigenvalue weighted by Crippen LogP contribution is 2.20. The summed E-state index contributed by atoms with van der Waals surface area (Å²) < 4.78 is 24.9. The zero-order valence-electron chi connectivity index (χ0n) is 16.0. The van der Waals surface area contributed by atoms with Gasteiger partial charge < -0.3 is 14.8 Å². The van der Waals surface area contributed by atoms with E-state index in [4.69, 9.17) is 9.47 Å². The van der Waals surface area contributed by atoms with Gasteiger partial charge in [0.1, 0.15) is 5.82 Å². The van der Waals surface area contributed by atoms with Crippen molar-refractivity contribution in [1.82, 2.24) is 15.1 Å². The summed E-state index contributed by atoms with van der Waals surface area (Å²) in [5, 5.41) is 6.85. The zero-order valence-corrected chi connectivity index (χ0v) is 16.0. The van der Waals surface area contributed by atoms with E-state index in [9.17, 15) is 14.0 Å². The van der Waals surface area contributed by atoms with Crippen molar-refractivity contribution in [3.05, 3.63) is 77.9 Å². The Labute approximate surface area is 167 Å². The molecule has 0 saturated heterocycles. The molecule has 3 rings (SSSR count). The fourth-order valence-electron chi connectivity index (χ4n) is 2.57. The summed E-state index contributed by atoms with van der Waals surface area (Å²) in [7, 11) is 1.42. The predicted molar refractivity (Wildman–Crippen MR) is 103 cm³/mol. The van der Waals surface area contributed by atoms with Gasteiger partial charge >= 0.3 is 5.97 Å². The van der Waals surface area contributed by atoms with Crippen molar-refractivity contribution in [2.45, 2.75) is 19.6 Å². The van der Waals surface area contributed by atoms with Gasteiger partial charge in [-0.2, -0.15) is 5.10 Å². The molecule has 1 amide bonds. The lowest BCUT2D eigenvalue weighted by molar-refractivity contribution is -0.129. The molecule has 29 heavy (non-hydrogen) atoms. The van der Waals surface area contributed by atoms with Gasteiger partial charge in [0.25, 0.3) is 5.91 Å². The third kappa shape index (κ3) is 4.98. The third-order valence-electron chi connectivity index (χ3n) is 4.15. The molecule has 0 fully saturated rings. The smallest absolute Gasteiger partial charge is 0.363 e. The van der Waals surface area contributed by atoms with Gasteiger partial charge in [-0.05, 0) is 36.8 Å². The Morgan fingerprint density at radius 2 is 1.83 bits per heavy atom. The molecule has 1 atom stereocenters. The molecule has 0 aliphatic rings. The average molecular weight is 397 g/mol. The summed E-state index contributed by atoms with van der Waals surface area (Å²) in [5.74, 6) is -1.38. The summed E-state index contributed by atoms with van der Waals surface area (Å²) in [4.78, 5) is 24.7. The van der Waals surface area contributed by atoms with E-state index in [1.54, 1.807) is 18.3 Å². The summed E-state index contributed by atoms with van der Waals surface area (Å²) in [6.45, 7) is 1.64. The van der Waals surface area contributed by atoms with Crippen molar-refractivity contribution in [3.63, 3.8) is 0 Å². The molecule has 0 bridgehead atoms. The second-order valence-corrected chi connectivity index (χ2v) is 6.22. The highest BCUT2D eigenvalue weighted by Gasteiger charge is 2.24. The van der Waals surface area contributed by atoms with E-state index < -0.39 is 18.0 Å². The maximum absolute atomic E-state index is 12.9. The number of para-hydroxylation sites is 1. The molecule has 1 N–H and O–H groups in total. The number of esters is 1. The van der Waals surface area contributed by atoms with Crippen LogP contribution in [0.5, 0.6) is 5.75 Å². The number of rotatable bonds is 7. The standard InChI is InChI=1S/C21H20FN3O4/c1-14(20(26)23-12-15-8-10-16(22)11-9-15)29-21(27)19-18(28-2)13-25(24-19)17-6-4-3-5-7-17/h3-11,13-14H,12H2,1-2H3,(H,23,26)/t14-/m0/s1. The molecule has 1 heterocycles. The van der Waals surface area contributed by atoms with Crippen LogP contribution in [0.1, 0.15) is 23.0 Å². The minimum atomic E-state index is -1.05. The van der Waals surface area contributed by atoms with Crippen molar-refractivity contribution < 1.29 is 23.5 Å². The molecule has 1 aromatic heterocycles. The molecular weight excluding hydrogens is 377 g/mol. The average Bonchev–Trinajstić information content (AvgIpc) is 3.18. The van der Waals surface area contributed by atoms with Gasteiger partial charge in [0.2, 0.25) is 5.69 Å². The molecular formula is C21H20FN3O4. The van der Waals surface area contributed by atoms with Crippen LogP contribution in [0.4, 0.5) is 4.39 Å². The van der Waals surface area contributed by atoms with E-state index in [1.165, 1.54) is 30.8 Å². The first-order valence-corrected chi connectivity index (χ1v) is 8.90. The number of aromatic nitrogens is 2. The fourth-order valence-corrected chi connectivity index (χ4v) is 2.57. The number of nitrogens with zero attached hydrogens (tertiary/aromatic N) is 2. The normalized spacial score (nSPS) is 11.6. The SMILES string of the molecule is COc1cn(-c2ccccc2)nc1C(=O)O[C@@H](C)C(=O)NCc1ccc(F)cc1. The lowest BCUT2D eigenvalue weighted by Gasteiger charge is -2.13.